The number of Topliss-reactive ketones (excluding diaryl/α,β-unsaturated/α-hetero) is 1. The molecular weight excluding hydrogens is 216 g/mol. The summed E-state index contributed by atoms with van der Waals surface area (Å²) in [7, 11) is 0. The first kappa shape index (κ1) is 11.6. The van der Waals surface area contributed by atoms with Gasteiger partial charge in [-0.1, -0.05) is 0 Å². The van der Waals surface area contributed by atoms with E-state index >= 15 is 0 Å². The van der Waals surface area contributed by atoms with Crippen LogP contribution in [-0.2, 0) is 5.75 Å². The second kappa shape index (κ2) is 4.88. The molecule has 0 bridgehead atoms. The van der Waals surface area contributed by atoms with Crippen molar-refractivity contribution in [3.05, 3.63) is 23.3 Å². The lowest BCUT2D eigenvalue weighted by molar-refractivity contribution is 0.0685. The van der Waals surface area contributed by atoms with E-state index in [1.807, 2.05) is 6.26 Å². The van der Waals surface area contributed by atoms with Crippen LogP contribution in [-0.4, -0.2) is 33.1 Å². The average molecular weight is 226 g/mol. The van der Waals surface area contributed by atoms with Crippen molar-refractivity contribution in [1.82, 2.24) is 9.97 Å². The molecule has 6 heteroatoms. The zero-order chi connectivity index (χ0) is 11.4. The van der Waals surface area contributed by atoms with Crippen molar-refractivity contribution in [3.8, 4) is 0 Å². The van der Waals surface area contributed by atoms with Gasteiger partial charge in [-0.05, 0) is 13.2 Å². The van der Waals surface area contributed by atoms with Crippen LogP contribution < -0.4 is 0 Å². The van der Waals surface area contributed by atoms with Crippen molar-refractivity contribution in [3.63, 3.8) is 0 Å². The number of carbonyl (C=O) groups excluding carboxylic acids is 1. The molecule has 0 amide bonds. The second-order valence-corrected chi connectivity index (χ2v) is 3.71. The monoisotopic (exact) mass is 226 g/mol. The van der Waals surface area contributed by atoms with Gasteiger partial charge in [0.05, 0.1) is 11.3 Å². The molecule has 0 aliphatic rings. The number of carboxylic acids is 1. The molecule has 1 heterocycles. The van der Waals surface area contributed by atoms with Crippen molar-refractivity contribution < 1.29 is 14.7 Å². The van der Waals surface area contributed by atoms with Crippen LogP contribution in [0.3, 0.4) is 0 Å². The molecule has 0 spiro atoms. The SMILES string of the molecule is CSCc1ncc(C(C)=O)c(C(=O)O)n1. The van der Waals surface area contributed by atoms with Crippen molar-refractivity contribution in [2.24, 2.45) is 0 Å². The lowest BCUT2D eigenvalue weighted by Crippen LogP contribution is -2.12. The highest BCUT2D eigenvalue weighted by molar-refractivity contribution is 7.97. The summed E-state index contributed by atoms with van der Waals surface area (Å²) in [4.78, 5) is 29.7. The molecule has 80 valence electrons. The largest absolute Gasteiger partial charge is 0.476 e. The third-order valence-electron chi connectivity index (χ3n) is 1.69. The van der Waals surface area contributed by atoms with Gasteiger partial charge >= 0.3 is 5.97 Å². The molecule has 1 aromatic rings. The summed E-state index contributed by atoms with van der Waals surface area (Å²) in [5.74, 6) is -0.601. The van der Waals surface area contributed by atoms with Gasteiger partial charge in [0.15, 0.2) is 11.5 Å². The fourth-order valence-electron chi connectivity index (χ4n) is 1.04. The fourth-order valence-corrected chi connectivity index (χ4v) is 1.43. The third kappa shape index (κ3) is 2.76. The van der Waals surface area contributed by atoms with E-state index in [-0.39, 0.29) is 17.0 Å². The molecule has 0 aliphatic carbocycles. The van der Waals surface area contributed by atoms with Crippen molar-refractivity contribution in [2.45, 2.75) is 12.7 Å². The second-order valence-electron chi connectivity index (χ2n) is 2.84. The number of ketones is 1. The highest BCUT2D eigenvalue weighted by Crippen LogP contribution is 2.09. The average Bonchev–Trinajstić information content (AvgIpc) is 2.17. The predicted octanol–water partition coefficient (Wildman–Crippen LogP) is 1.24. The van der Waals surface area contributed by atoms with Crippen LogP contribution in [0.5, 0.6) is 0 Å². The number of thioether (sulfide) groups is 1. The minimum atomic E-state index is -1.20. The smallest absolute Gasteiger partial charge is 0.355 e. The van der Waals surface area contributed by atoms with Crippen LogP contribution in [0.25, 0.3) is 0 Å². The van der Waals surface area contributed by atoms with E-state index in [1.54, 1.807) is 0 Å². The summed E-state index contributed by atoms with van der Waals surface area (Å²) in [6, 6.07) is 0. The molecule has 0 unspecified atom stereocenters. The quantitative estimate of drug-likeness (QED) is 0.778. The Balaban J connectivity index is 3.21. The van der Waals surface area contributed by atoms with E-state index in [0.717, 1.165) is 0 Å². The van der Waals surface area contributed by atoms with Gasteiger partial charge in [-0.15, -0.1) is 0 Å². The molecule has 1 rings (SSSR count). The number of aromatic nitrogens is 2. The normalized spacial score (nSPS) is 10.0. The molecule has 0 fully saturated rings. The third-order valence-corrected chi connectivity index (χ3v) is 2.24. The van der Waals surface area contributed by atoms with Gasteiger partial charge in [-0.2, -0.15) is 11.8 Å². The Morgan fingerprint density at radius 3 is 2.67 bits per heavy atom. The van der Waals surface area contributed by atoms with Crippen LogP contribution in [0, 0.1) is 0 Å². The molecule has 0 saturated heterocycles. The van der Waals surface area contributed by atoms with E-state index in [9.17, 15) is 9.59 Å². The number of hydrogen-bond donors (Lipinski definition) is 1. The molecule has 5 nitrogen and oxygen atoms in total. The Bertz CT molecular complexity index is 406. The van der Waals surface area contributed by atoms with E-state index < -0.39 is 5.97 Å². The summed E-state index contributed by atoms with van der Waals surface area (Å²) < 4.78 is 0. The number of hydrogen-bond acceptors (Lipinski definition) is 5. The van der Waals surface area contributed by atoms with Gasteiger partial charge in [0.1, 0.15) is 5.82 Å². The number of carboxylic acid groups (broad SMARTS) is 1. The Kier molecular flexibility index (Phi) is 3.79. The topological polar surface area (TPSA) is 80.2 Å². The standard InChI is InChI=1S/C9H10N2O3S/c1-5(12)6-3-10-7(4-15-2)11-8(6)9(13)14/h3H,4H2,1-2H3,(H,13,14). The molecule has 0 atom stereocenters. The lowest BCUT2D eigenvalue weighted by atomic mass is 10.1. The first-order valence-corrected chi connectivity index (χ1v) is 5.54. The molecule has 15 heavy (non-hydrogen) atoms. The highest BCUT2D eigenvalue weighted by atomic mass is 32.2. The molecule has 0 radical (unpaired) electrons. The maximum atomic E-state index is 11.1. The van der Waals surface area contributed by atoms with Crippen molar-refractivity contribution in [1.29, 1.82) is 0 Å². The number of carbonyl (C=O) groups is 2. The predicted molar refractivity (Wildman–Crippen MR) is 56.2 cm³/mol. The van der Waals surface area contributed by atoms with Gasteiger partial charge < -0.3 is 5.11 Å². The molecule has 1 N–H and O–H groups in total. The summed E-state index contributed by atoms with van der Waals surface area (Å²) in [5, 5.41) is 8.86. The molecular formula is C9H10N2O3S. The first-order valence-electron chi connectivity index (χ1n) is 4.15. The Labute approximate surface area is 90.9 Å². The Morgan fingerprint density at radius 1 is 1.53 bits per heavy atom. The van der Waals surface area contributed by atoms with Crippen LogP contribution in [0.1, 0.15) is 33.6 Å². The summed E-state index contributed by atoms with van der Waals surface area (Å²) in [6.07, 6.45) is 3.13. The highest BCUT2D eigenvalue weighted by Gasteiger charge is 2.16. The van der Waals surface area contributed by atoms with Crippen LogP contribution in [0.2, 0.25) is 0 Å². The van der Waals surface area contributed by atoms with Gasteiger partial charge in [-0.25, -0.2) is 14.8 Å². The molecule has 0 aliphatic heterocycles. The molecule has 0 aromatic carbocycles. The van der Waals surface area contributed by atoms with Gasteiger partial charge in [0.2, 0.25) is 0 Å². The summed E-state index contributed by atoms with van der Waals surface area (Å²) in [5.41, 5.74) is -0.172. The maximum absolute atomic E-state index is 11.1. The fraction of sp³-hybridized carbons (Fsp3) is 0.333. The Morgan fingerprint density at radius 2 is 2.20 bits per heavy atom. The number of rotatable bonds is 4. The molecule has 1 aromatic heterocycles. The maximum Gasteiger partial charge on any atom is 0.355 e. The summed E-state index contributed by atoms with van der Waals surface area (Å²) >= 11 is 1.49. The van der Waals surface area contributed by atoms with E-state index in [1.165, 1.54) is 24.9 Å². The van der Waals surface area contributed by atoms with Crippen molar-refractivity contribution >= 4 is 23.5 Å². The van der Waals surface area contributed by atoms with Crippen molar-refractivity contribution in [2.75, 3.05) is 6.26 Å². The lowest BCUT2D eigenvalue weighted by Gasteiger charge is -2.03. The van der Waals surface area contributed by atoms with Gasteiger partial charge in [-0.3, -0.25) is 4.79 Å². The Hall–Kier alpha value is -1.43. The zero-order valence-corrected chi connectivity index (χ0v) is 9.17. The van der Waals surface area contributed by atoms with Crippen LogP contribution in [0.15, 0.2) is 6.20 Å². The minimum Gasteiger partial charge on any atom is -0.476 e. The minimum absolute atomic E-state index is 0.0485. The number of aromatic carboxylic acids is 1. The van der Waals surface area contributed by atoms with Crippen LogP contribution in [0.4, 0.5) is 0 Å². The number of nitrogens with zero attached hydrogens (tertiary/aromatic N) is 2. The van der Waals surface area contributed by atoms with E-state index in [0.29, 0.717) is 11.6 Å². The van der Waals surface area contributed by atoms with Gasteiger partial charge in [0.25, 0.3) is 0 Å². The van der Waals surface area contributed by atoms with E-state index in [2.05, 4.69) is 9.97 Å². The van der Waals surface area contributed by atoms with Crippen LogP contribution >= 0.6 is 11.8 Å². The molecule has 0 saturated carbocycles. The summed E-state index contributed by atoms with van der Waals surface area (Å²) in [6.45, 7) is 1.29. The zero-order valence-electron chi connectivity index (χ0n) is 8.35. The van der Waals surface area contributed by atoms with Gasteiger partial charge in [0, 0.05) is 6.20 Å². The van der Waals surface area contributed by atoms with E-state index in [4.69, 9.17) is 5.11 Å². The first-order chi connectivity index (χ1) is 7.06.